The van der Waals surface area contributed by atoms with Gasteiger partial charge in [-0.15, -0.1) is 0 Å². The molecule has 19 heteroatoms. The first-order chi connectivity index (χ1) is 45.4. The zero-order valence-corrected chi connectivity index (χ0v) is 63.1. The fourth-order valence-electron chi connectivity index (χ4n) is 11.4. The van der Waals surface area contributed by atoms with Crippen molar-refractivity contribution in [2.75, 3.05) is 39.6 Å². The molecule has 0 aromatic heterocycles. The highest BCUT2D eigenvalue weighted by atomic mass is 31.2. The standard InChI is InChI=1S/C75H146O17P2/c1-7-10-12-14-16-18-20-22-23-24-25-27-29-35-41-48-54-60-75(80)91-70(63-85-72(77)57-51-45-39-33-31-30-32-38-44-50-56-68(6)9-3)65-89-93(81,82)87-61-69(76)62-88-94(83,84)90-66-71(64-86-73(78)58-52-46-42-36-37-43-49-55-67(4)5)92-74(79)59-53-47-40-34-28-26-21-19-17-15-13-11-8-2/h67-71,76H,7-66H2,1-6H3,(H,81,82)(H,83,84)/t68?,69-,70-,71-/m1/s1. The van der Waals surface area contributed by atoms with Crippen molar-refractivity contribution in [1.82, 2.24) is 0 Å². The van der Waals surface area contributed by atoms with Crippen LogP contribution in [0.1, 0.15) is 388 Å². The Balaban J connectivity index is 5.25. The summed E-state index contributed by atoms with van der Waals surface area (Å²) in [5.74, 6) is -0.601. The molecule has 0 radical (unpaired) electrons. The summed E-state index contributed by atoms with van der Waals surface area (Å²) in [5.41, 5.74) is 0. The predicted molar refractivity (Wildman–Crippen MR) is 381 cm³/mol. The molecular weight excluding hydrogens is 1230 g/mol. The summed E-state index contributed by atoms with van der Waals surface area (Å²) in [4.78, 5) is 72.8. The van der Waals surface area contributed by atoms with E-state index < -0.39 is 97.5 Å². The third-order valence-electron chi connectivity index (χ3n) is 17.8. The normalized spacial score (nSPS) is 14.3. The summed E-state index contributed by atoms with van der Waals surface area (Å²) >= 11 is 0. The quantitative estimate of drug-likeness (QED) is 0.0222. The Morgan fingerprint density at radius 3 is 0.809 bits per heavy atom. The van der Waals surface area contributed by atoms with Gasteiger partial charge < -0.3 is 33.8 Å². The van der Waals surface area contributed by atoms with Crippen LogP contribution in [0.15, 0.2) is 0 Å². The van der Waals surface area contributed by atoms with E-state index in [0.29, 0.717) is 31.6 Å². The maximum atomic E-state index is 13.1. The van der Waals surface area contributed by atoms with Gasteiger partial charge in [-0.1, -0.05) is 337 Å². The highest BCUT2D eigenvalue weighted by Crippen LogP contribution is 2.45. The van der Waals surface area contributed by atoms with Crippen LogP contribution in [-0.4, -0.2) is 96.7 Å². The number of carbonyl (C=O) groups is 4. The summed E-state index contributed by atoms with van der Waals surface area (Å²) in [6, 6.07) is 0. The number of aliphatic hydroxyl groups excluding tert-OH is 1. The lowest BCUT2D eigenvalue weighted by atomic mass is 9.99. The highest BCUT2D eigenvalue weighted by molar-refractivity contribution is 7.47. The Kier molecular flexibility index (Phi) is 65.5. The SMILES string of the molecule is CCCCCCCCCCCCCCCCCCCC(=O)O[C@H](COC(=O)CCCCCCCCCCCCC(C)CC)COP(=O)(O)OC[C@@H](O)COP(=O)(O)OC[C@@H](COC(=O)CCCCCCCCCC(C)C)OC(=O)CCCCCCCCCCCCCCC. The van der Waals surface area contributed by atoms with Crippen molar-refractivity contribution in [2.24, 2.45) is 11.8 Å². The van der Waals surface area contributed by atoms with Gasteiger partial charge in [-0.3, -0.25) is 37.3 Å². The summed E-state index contributed by atoms with van der Waals surface area (Å²) < 4.78 is 68.5. The van der Waals surface area contributed by atoms with Crippen LogP contribution in [0.5, 0.6) is 0 Å². The van der Waals surface area contributed by atoms with E-state index in [2.05, 4.69) is 41.5 Å². The number of ether oxygens (including phenoxy) is 4. The van der Waals surface area contributed by atoms with Gasteiger partial charge in [0.15, 0.2) is 12.2 Å². The van der Waals surface area contributed by atoms with Crippen molar-refractivity contribution in [3.8, 4) is 0 Å². The molecule has 0 amide bonds. The van der Waals surface area contributed by atoms with Crippen molar-refractivity contribution < 1.29 is 80.2 Å². The Labute approximate surface area is 575 Å². The second-order valence-corrected chi connectivity index (χ2v) is 30.7. The lowest BCUT2D eigenvalue weighted by Gasteiger charge is -2.21. The predicted octanol–water partition coefficient (Wildman–Crippen LogP) is 21.9. The smallest absolute Gasteiger partial charge is 0.462 e. The minimum atomic E-state index is -4.96. The van der Waals surface area contributed by atoms with Gasteiger partial charge in [0.2, 0.25) is 0 Å². The first-order valence-electron chi connectivity index (χ1n) is 39.0. The molecular formula is C75H146O17P2. The number of hydrogen-bond donors (Lipinski definition) is 3. The summed E-state index contributed by atoms with van der Waals surface area (Å²) in [7, 11) is -9.91. The van der Waals surface area contributed by atoms with Crippen molar-refractivity contribution in [3.05, 3.63) is 0 Å². The van der Waals surface area contributed by atoms with Crippen LogP contribution in [0, 0.1) is 11.8 Å². The van der Waals surface area contributed by atoms with Crippen molar-refractivity contribution in [1.29, 1.82) is 0 Å². The Hall–Kier alpha value is -1.94. The zero-order chi connectivity index (χ0) is 69.3. The van der Waals surface area contributed by atoms with E-state index in [-0.39, 0.29) is 25.7 Å². The minimum absolute atomic E-state index is 0.107. The summed E-state index contributed by atoms with van der Waals surface area (Å²) in [6.45, 7) is 9.57. The molecule has 0 bridgehead atoms. The van der Waals surface area contributed by atoms with Crippen LogP contribution in [0.4, 0.5) is 0 Å². The number of phosphoric acid groups is 2. The van der Waals surface area contributed by atoms with Crippen molar-refractivity contribution >= 4 is 39.5 Å². The maximum absolute atomic E-state index is 13.1. The maximum Gasteiger partial charge on any atom is 0.472 e. The minimum Gasteiger partial charge on any atom is -0.462 e. The van der Waals surface area contributed by atoms with E-state index in [1.165, 1.54) is 199 Å². The molecule has 558 valence electrons. The van der Waals surface area contributed by atoms with E-state index >= 15 is 0 Å². The number of esters is 4. The molecule has 0 heterocycles. The van der Waals surface area contributed by atoms with E-state index in [1.807, 2.05) is 0 Å². The van der Waals surface area contributed by atoms with Gasteiger partial charge in [-0.25, -0.2) is 9.13 Å². The van der Waals surface area contributed by atoms with Gasteiger partial charge in [0.25, 0.3) is 0 Å². The van der Waals surface area contributed by atoms with E-state index in [0.717, 1.165) is 102 Å². The van der Waals surface area contributed by atoms with Crippen molar-refractivity contribution in [2.45, 2.75) is 407 Å². The van der Waals surface area contributed by atoms with Crippen LogP contribution in [0.25, 0.3) is 0 Å². The second-order valence-electron chi connectivity index (χ2n) is 27.8. The monoisotopic (exact) mass is 1380 g/mol. The van der Waals surface area contributed by atoms with Crippen molar-refractivity contribution in [3.63, 3.8) is 0 Å². The number of unbranched alkanes of at least 4 members (excludes halogenated alkanes) is 43. The van der Waals surface area contributed by atoms with E-state index in [1.54, 1.807) is 0 Å². The molecule has 0 aliphatic rings. The van der Waals surface area contributed by atoms with Crippen LogP contribution in [0.2, 0.25) is 0 Å². The molecule has 3 N–H and O–H groups in total. The Bertz CT molecular complexity index is 1820. The molecule has 0 spiro atoms. The fourth-order valence-corrected chi connectivity index (χ4v) is 13.0. The molecule has 0 aliphatic heterocycles. The molecule has 3 unspecified atom stereocenters. The molecule has 0 aliphatic carbocycles. The van der Waals surface area contributed by atoms with Gasteiger partial charge in [-0.2, -0.15) is 0 Å². The third kappa shape index (κ3) is 67.3. The van der Waals surface area contributed by atoms with E-state index in [9.17, 15) is 43.2 Å². The van der Waals surface area contributed by atoms with Gasteiger partial charge >= 0.3 is 39.5 Å². The Morgan fingerprint density at radius 2 is 0.543 bits per heavy atom. The Morgan fingerprint density at radius 1 is 0.309 bits per heavy atom. The van der Waals surface area contributed by atoms with E-state index in [4.69, 9.17) is 37.0 Å². The average molecular weight is 1380 g/mol. The topological polar surface area (TPSA) is 237 Å². The molecule has 6 atom stereocenters. The molecule has 94 heavy (non-hydrogen) atoms. The lowest BCUT2D eigenvalue weighted by molar-refractivity contribution is -0.161. The number of aliphatic hydroxyl groups is 1. The van der Waals surface area contributed by atoms with Crippen LogP contribution >= 0.6 is 15.6 Å². The number of phosphoric ester groups is 2. The third-order valence-corrected chi connectivity index (χ3v) is 19.7. The molecule has 17 nitrogen and oxygen atoms in total. The second kappa shape index (κ2) is 66.9. The van der Waals surface area contributed by atoms with Crippen LogP contribution < -0.4 is 0 Å². The number of rotatable bonds is 74. The largest absolute Gasteiger partial charge is 0.472 e. The summed E-state index contributed by atoms with van der Waals surface area (Å²) in [6.07, 6.45) is 54.0. The summed E-state index contributed by atoms with van der Waals surface area (Å²) in [5, 5.41) is 10.6. The van der Waals surface area contributed by atoms with Gasteiger partial charge in [0.1, 0.15) is 19.3 Å². The van der Waals surface area contributed by atoms with Crippen LogP contribution in [-0.2, 0) is 65.4 Å². The van der Waals surface area contributed by atoms with Crippen LogP contribution in [0.3, 0.4) is 0 Å². The molecule has 0 rings (SSSR count). The highest BCUT2D eigenvalue weighted by Gasteiger charge is 2.30. The number of hydrogen-bond acceptors (Lipinski definition) is 15. The molecule has 0 saturated carbocycles. The zero-order valence-electron chi connectivity index (χ0n) is 61.3. The molecule has 0 aromatic rings. The molecule has 0 aromatic carbocycles. The fraction of sp³-hybridized carbons (Fsp3) is 0.947. The first-order valence-corrected chi connectivity index (χ1v) is 42.0. The lowest BCUT2D eigenvalue weighted by Crippen LogP contribution is -2.30. The first kappa shape index (κ1) is 92.1. The van der Waals surface area contributed by atoms with Gasteiger partial charge in [0, 0.05) is 25.7 Å². The number of carbonyl (C=O) groups excluding carboxylic acids is 4. The van der Waals surface area contributed by atoms with Gasteiger partial charge in [-0.05, 0) is 37.5 Å². The average Bonchev–Trinajstić information content (AvgIpc) is 1.36. The van der Waals surface area contributed by atoms with Gasteiger partial charge in [0.05, 0.1) is 26.4 Å². The molecule has 0 fully saturated rings. The molecule has 0 saturated heterocycles.